The van der Waals surface area contributed by atoms with Gasteiger partial charge in [-0.25, -0.2) is 0 Å². The van der Waals surface area contributed by atoms with Crippen LogP contribution in [0.3, 0.4) is 0 Å². The van der Waals surface area contributed by atoms with Gasteiger partial charge in [0, 0.05) is 12.5 Å². The zero-order chi connectivity index (χ0) is 13.5. The highest BCUT2D eigenvalue weighted by Gasteiger charge is 2.19. The molecule has 0 aromatic heterocycles. The van der Waals surface area contributed by atoms with Gasteiger partial charge in [0.05, 0.1) is 19.1 Å². The summed E-state index contributed by atoms with van der Waals surface area (Å²) in [6, 6.07) is 9.75. The van der Waals surface area contributed by atoms with Crippen molar-refractivity contribution in [1.29, 1.82) is 0 Å². The van der Waals surface area contributed by atoms with Crippen LogP contribution in [0.1, 0.15) is 30.7 Å². The Kier molecular flexibility index (Phi) is 5.36. The average molecular weight is 263 g/mol. The van der Waals surface area contributed by atoms with Crippen molar-refractivity contribution in [3.05, 3.63) is 35.9 Å². The molecule has 2 rings (SSSR count). The van der Waals surface area contributed by atoms with Crippen molar-refractivity contribution in [2.24, 2.45) is 0 Å². The molecule has 1 unspecified atom stereocenters. The van der Waals surface area contributed by atoms with Gasteiger partial charge in [-0.05, 0) is 24.9 Å². The number of piperidine rings is 1. The number of carboxylic acids is 1. The summed E-state index contributed by atoms with van der Waals surface area (Å²) in [5, 5.41) is 12.3. The van der Waals surface area contributed by atoms with Gasteiger partial charge in [0.25, 0.3) is 0 Å². The van der Waals surface area contributed by atoms with Gasteiger partial charge in [-0.15, -0.1) is 0 Å². The average Bonchev–Trinajstić information content (AvgIpc) is 2.45. The maximum Gasteiger partial charge on any atom is 0.304 e. The molecule has 19 heavy (non-hydrogen) atoms. The zero-order valence-electron chi connectivity index (χ0n) is 11.0. The van der Waals surface area contributed by atoms with E-state index < -0.39 is 5.97 Å². The number of nitrogens with one attached hydrogen (secondary N) is 1. The van der Waals surface area contributed by atoms with Crippen LogP contribution in [0.25, 0.3) is 0 Å². The van der Waals surface area contributed by atoms with Crippen LogP contribution >= 0.6 is 0 Å². The maximum absolute atomic E-state index is 11.0. The summed E-state index contributed by atoms with van der Waals surface area (Å²) in [6.07, 6.45) is 2.51. The summed E-state index contributed by atoms with van der Waals surface area (Å²) in [5.41, 5.74) is 1.04. The number of carbonyl (C=O) groups is 1. The SMILES string of the molecule is O=C(O)CC(CO[C@@H]1CCCNC1)c1ccccc1. The van der Waals surface area contributed by atoms with Crippen molar-refractivity contribution in [2.45, 2.75) is 31.3 Å². The molecule has 0 radical (unpaired) electrons. The highest BCUT2D eigenvalue weighted by Crippen LogP contribution is 2.21. The van der Waals surface area contributed by atoms with Crippen molar-refractivity contribution in [3.63, 3.8) is 0 Å². The monoisotopic (exact) mass is 263 g/mol. The third kappa shape index (κ3) is 4.65. The number of hydrogen-bond acceptors (Lipinski definition) is 3. The molecule has 1 aliphatic heterocycles. The first-order chi connectivity index (χ1) is 9.25. The van der Waals surface area contributed by atoms with Crippen LogP contribution in [0.2, 0.25) is 0 Å². The van der Waals surface area contributed by atoms with Crippen molar-refractivity contribution >= 4 is 5.97 Å². The standard InChI is InChI=1S/C15H21NO3/c17-15(18)9-13(12-5-2-1-3-6-12)11-19-14-7-4-8-16-10-14/h1-3,5-6,13-14,16H,4,7-11H2,(H,17,18)/t13?,14-/m1/s1. The van der Waals surface area contributed by atoms with Gasteiger partial charge in [-0.3, -0.25) is 4.79 Å². The van der Waals surface area contributed by atoms with E-state index in [1.165, 1.54) is 0 Å². The quantitative estimate of drug-likeness (QED) is 0.824. The predicted octanol–water partition coefficient (Wildman–Crippen LogP) is 2.01. The topological polar surface area (TPSA) is 58.6 Å². The van der Waals surface area contributed by atoms with E-state index in [9.17, 15) is 4.79 Å². The number of hydrogen-bond donors (Lipinski definition) is 2. The van der Waals surface area contributed by atoms with E-state index in [0.29, 0.717) is 6.61 Å². The Bertz CT molecular complexity index is 388. The fourth-order valence-corrected chi connectivity index (χ4v) is 2.42. The van der Waals surface area contributed by atoms with Gasteiger partial charge in [0.15, 0.2) is 0 Å². The highest BCUT2D eigenvalue weighted by molar-refractivity contribution is 5.68. The van der Waals surface area contributed by atoms with Crippen LogP contribution in [0.4, 0.5) is 0 Å². The maximum atomic E-state index is 11.0. The molecule has 1 aromatic rings. The minimum absolute atomic E-state index is 0.0689. The molecule has 0 spiro atoms. The second-order valence-corrected chi connectivity index (χ2v) is 5.01. The van der Waals surface area contributed by atoms with Crippen LogP contribution in [0.5, 0.6) is 0 Å². The van der Waals surface area contributed by atoms with E-state index in [1.54, 1.807) is 0 Å². The van der Waals surface area contributed by atoms with E-state index in [4.69, 9.17) is 9.84 Å². The second-order valence-electron chi connectivity index (χ2n) is 5.01. The minimum Gasteiger partial charge on any atom is -0.481 e. The molecule has 2 atom stereocenters. The smallest absolute Gasteiger partial charge is 0.304 e. The Balaban J connectivity index is 1.92. The Morgan fingerprint density at radius 3 is 2.84 bits per heavy atom. The third-order valence-electron chi connectivity index (χ3n) is 3.48. The fourth-order valence-electron chi connectivity index (χ4n) is 2.42. The van der Waals surface area contributed by atoms with Gasteiger partial charge < -0.3 is 15.2 Å². The number of rotatable bonds is 6. The molecule has 1 aliphatic rings. The van der Waals surface area contributed by atoms with E-state index in [2.05, 4.69) is 5.32 Å². The molecule has 2 N–H and O–H groups in total. The molecule has 1 heterocycles. The van der Waals surface area contributed by atoms with Crippen LogP contribution in [0.15, 0.2) is 30.3 Å². The molecule has 104 valence electrons. The minimum atomic E-state index is -0.778. The Hall–Kier alpha value is -1.39. The lowest BCUT2D eigenvalue weighted by Crippen LogP contribution is -2.36. The van der Waals surface area contributed by atoms with E-state index >= 15 is 0 Å². The molecule has 0 amide bonds. The van der Waals surface area contributed by atoms with Crippen LogP contribution < -0.4 is 5.32 Å². The fraction of sp³-hybridized carbons (Fsp3) is 0.533. The largest absolute Gasteiger partial charge is 0.481 e. The summed E-state index contributed by atoms with van der Waals surface area (Å²) in [6.45, 7) is 2.40. The molecule has 0 aliphatic carbocycles. The van der Waals surface area contributed by atoms with Gasteiger partial charge in [-0.1, -0.05) is 30.3 Å². The number of ether oxygens (including phenoxy) is 1. The molecule has 4 heteroatoms. The second kappa shape index (κ2) is 7.26. The van der Waals surface area contributed by atoms with Crippen LogP contribution in [-0.2, 0) is 9.53 Å². The third-order valence-corrected chi connectivity index (χ3v) is 3.48. The molecular weight excluding hydrogens is 242 g/mol. The molecule has 0 bridgehead atoms. The van der Waals surface area contributed by atoms with Gasteiger partial charge >= 0.3 is 5.97 Å². The first-order valence-electron chi connectivity index (χ1n) is 6.85. The number of carboxylic acid groups (broad SMARTS) is 1. The first-order valence-corrected chi connectivity index (χ1v) is 6.85. The van der Waals surface area contributed by atoms with Crippen LogP contribution in [-0.4, -0.2) is 36.9 Å². The number of aliphatic carboxylic acids is 1. The highest BCUT2D eigenvalue weighted by atomic mass is 16.5. The van der Waals surface area contributed by atoms with Crippen molar-refractivity contribution in [1.82, 2.24) is 5.32 Å². The molecule has 4 nitrogen and oxygen atoms in total. The summed E-state index contributed by atoms with van der Waals surface area (Å²) in [4.78, 5) is 11.0. The zero-order valence-corrected chi connectivity index (χ0v) is 11.0. The van der Waals surface area contributed by atoms with Crippen molar-refractivity contribution < 1.29 is 14.6 Å². The lowest BCUT2D eigenvalue weighted by Gasteiger charge is -2.25. The van der Waals surface area contributed by atoms with Gasteiger partial charge in [0.1, 0.15) is 0 Å². The van der Waals surface area contributed by atoms with Crippen LogP contribution in [0, 0.1) is 0 Å². The lowest BCUT2D eigenvalue weighted by molar-refractivity contribution is -0.138. The van der Waals surface area contributed by atoms with Crippen molar-refractivity contribution in [3.8, 4) is 0 Å². The summed E-state index contributed by atoms with van der Waals surface area (Å²) < 4.78 is 5.87. The predicted molar refractivity (Wildman–Crippen MR) is 73.3 cm³/mol. The van der Waals surface area contributed by atoms with E-state index in [-0.39, 0.29) is 18.4 Å². The Labute approximate surface area is 113 Å². The Morgan fingerprint density at radius 1 is 1.42 bits per heavy atom. The molecule has 1 aromatic carbocycles. The molecule has 1 fully saturated rings. The summed E-state index contributed by atoms with van der Waals surface area (Å²) >= 11 is 0. The normalized spacial score (nSPS) is 20.9. The number of benzene rings is 1. The molecule has 0 saturated carbocycles. The van der Waals surface area contributed by atoms with Gasteiger partial charge in [-0.2, -0.15) is 0 Å². The van der Waals surface area contributed by atoms with E-state index in [0.717, 1.165) is 31.5 Å². The molecule has 1 saturated heterocycles. The lowest BCUT2D eigenvalue weighted by atomic mass is 9.96. The first kappa shape index (κ1) is 14.0. The summed E-state index contributed by atoms with van der Waals surface area (Å²) in [7, 11) is 0. The summed E-state index contributed by atoms with van der Waals surface area (Å²) in [5.74, 6) is -0.847. The van der Waals surface area contributed by atoms with Crippen molar-refractivity contribution in [2.75, 3.05) is 19.7 Å². The van der Waals surface area contributed by atoms with Gasteiger partial charge in [0.2, 0.25) is 0 Å². The molecular formula is C15H21NO3. The van der Waals surface area contributed by atoms with E-state index in [1.807, 2.05) is 30.3 Å². The Morgan fingerprint density at radius 2 is 2.21 bits per heavy atom.